The third-order valence-corrected chi connectivity index (χ3v) is 9.25. The highest BCUT2D eigenvalue weighted by atomic mass is 19.1. The molecule has 3 aliphatic rings. The molecular formula is C31H36FN3O4. The molecule has 3 aromatic rings. The average molecular weight is 534 g/mol. The zero-order valence-corrected chi connectivity index (χ0v) is 22.9. The number of rotatable bonds is 6. The molecule has 6 rings (SSSR count). The number of hydrogen-bond donors (Lipinski definition) is 0. The van der Waals surface area contributed by atoms with Crippen molar-refractivity contribution in [3.05, 3.63) is 65.1 Å². The number of nitrogens with zero attached hydrogens (tertiary/aromatic N) is 3. The van der Waals surface area contributed by atoms with Gasteiger partial charge in [0.25, 0.3) is 0 Å². The van der Waals surface area contributed by atoms with Crippen molar-refractivity contribution in [2.45, 2.75) is 57.5 Å². The van der Waals surface area contributed by atoms with Gasteiger partial charge >= 0.3 is 6.09 Å². The smallest absolute Gasteiger partial charge is 0.418 e. The minimum absolute atomic E-state index is 0.0534. The van der Waals surface area contributed by atoms with Crippen LogP contribution in [0.3, 0.4) is 0 Å². The van der Waals surface area contributed by atoms with Crippen molar-refractivity contribution in [1.82, 2.24) is 14.4 Å². The SMILES string of the molecule is CCC(CC)C(=O)N1CCC2(CC1)CN(Cc1ccccc1F)C1COC(=O)n3c1c2c1ccc(OC)cc13. The van der Waals surface area contributed by atoms with Crippen molar-refractivity contribution in [2.75, 3.05) is 33.4 Å². The van der Waals surface area contributed by atoms with Gasteiger partial charge in [0.05, 0.1) is 24.4 Å². The number of piperidine rings is 1. The number of hydrogen-bond acceptors (Lipinski definition) is 5. The maximum atomic E-state index is 14.8. The number of likely N-dealkylation sites (tertiary alicyclic amines) is 1. The summed E-state index contributed by atoms with van der Waals surface area (Å²) >= 11 is 0. The van der Waals surface area contributed by atoms with E-state index in [9.17, 15) is 14.0 Å². The van der Waals surface area contributed by atoms with Crippen LogP contribution >= 0.6 is 0 Å². The Hall–Kier alpha value is -3.39. The standard InChI is InChI=1S/C31H36FN3O4/c1-4-20(5-2)29(36)33-14-12-31(13-15-33)19-34(17-21-8-6-7-9-24(21)32)26-18-39-30(37)35-25-16-22(38-3)10-11-23(25)27(31)28(26)35/h6-11,16,20,26H,4-5,12-15,17-19H2,1-3H3. The topological polar surface area (TPSA) is 64.0 Å². The molecule has 7 nitrogen and oxygen atoms in total. The number of halogens is 1. The molecule has 1 unspecified atom stereocenters. The molecular weight excluding hydrogens is 497 g/mol. The van der Waals surface area contributed by atoms with Crippen molar-refractivity contribution in [1.29, 1.82) is 0 Å². The van der Waals surface area contributed by atoms with Crippen LogP contribution in [-0.4, -0.2) is 59.7 Å². The minimum atomic E-state index is -0.394. The Morgan fingerprint density at radius 3 is 2.59 bits per heavy atom. The molecule has 0 radical (unpaired) electrons. The Balaban J connectivity index is 1.47. The summed E-state index contributed by atoms with van der Waals surface area (Å²) in [5, 5.41) is 1.03. The van der Waals surface area contributed by atoms with E-state index in [2.05, 4.69) is 24.8 Å². The molecule has 3 aliphatic heterocycles. The molecule has 0 aliphatic carbocycles. The van der Waals surface area contributed by atoms with Crippen LogP contribution in [0.4, 0.5) is 9.18 Å². The van der Waals surface area contributed by atoms with Crippen molar-refractivity contribution in [3.8, 4) is 5.75 Å². The lowest BCUT2D eigenvalue weighted by Gasteiger charge is -2.51. The van der Waals surface area contributed by atoms with Gasteiger partial charge in [-0.05, 0) is 49.4 Å². The first kappa shape index (κ1) is 25.9. The van der Waals surface area contributed by atoms with E-state index >= 15 is 0 Å². The molecule has 0 saturated carbocycles. The Morgan fingerprint density at radius 1 is 1.15 bits per heavy atom. The molecule has 0 N–H and O–H groups in total. The highest BCUT2D eigenvalue weighted by Gasteiger charge is 2.51. The Kier molecular flexibility index (Phi) is 6.61. The third-order valence-electron chi connectivity index (χ3n) is 9.25. The monoisotopic (exact) mass is 533 g/mol. The summed E-state index contributed by atoms with van der Waals surface area (Å²) < 4.78 is 27.7. The van der Waals surface area contributed by atoms with Gasteiger partial charge in [-0.2, -0.15) is 0 Å². The first-order valence-corrected chi connectivity index (χ1v) is 14.1. The zero-order valence-electron chi connectivity index (χ0n) is 22.9. The number of aromatic nitrogens is 1. The summed E-state index contributed by atoms with van der Waals surface area (Å²) in [6.45, 7) is 6.83. The predicted octanol–water partition coefficient (Wildman–Crippen LogP) is 5.64. The number of cyclic esters (lactones) is 1. The molecule has 39 heavy (non-hydrogen) atoms. The summed E-state index contributed by atoms with van der Waals surface area (Å²) in [7, 11) is 1.62. The number of benzene rings is 2. The van der Waals surface area contributed by atoms with Crippen LogP contribution < -0.4 is 4.74 Å². The van der Waals surface area contributed by atoms with Crippen molar-refractivity contribution < 1.29 is 23.5 Å². The quantitative estimate of drug-likeness (QED) is 0.410. The molecule has 0 bridgehead atoms. The number of amides is 1. The van der Waals surface area contributed by atoms with E-state index in [4.69, 9.17) is 9.47 Å². The highest BCUT2D eigenvalue weighted by molar-refractivity contribution is 5.96. The average Bonchev–Trinajstić information content (AvgIpc) is 3.31. The number of carbonyl (C=O) groups excluding carboxylic acids is 2. The van der Waals surface area contributed by atoms with Gasteiger partial charge in [0.15, 0.2) is 0 Å². The molecule has 1 saturated heterocycles. The first-order valence-electron chi connectivity index (χ1n) is 14.1. The normalized spacial score (nSPS) is 20.4. The Labute approximate surface area is 228 Å². The predicted molar refractivity (Wildman–Crippen MR) is 146 cm³/mol. The van der Waals surface area contributed by atoms with E-state index in [1.807, 2.05) is 29.2 Å². The summed E-state index contributed by atoms with van der Waals surface area (Å²) in [4.78, 5) is 30.8. The zero-order chi connectivity index (χ0) is 27.3. The summed E-state index contributed by atoms with van der Waals surface area (Å²) in [6.07, 6.45) is 2.86. The van der Waals surface area contributed by atoms with E-state index in [1.54, 1.807) is 17.7 Å². The molecule has 1 aromatic heterocycles. The van der Waals surface area contributed by atoms with Gasteiger partial charge in [-0.3, -0.25) is 9.69 Å². The second kappa shape index (κ2) is 9.97. The van der Waals surface area contributed by atoms with Gasteiger partial charge in [0, 0.05) is 54.5 Å². The fourth-order valence-corrected chi connectivity index (χ4v) is 7.11. The van der Waals surface area contributed by atoms with Crippen LogP contribution in [0.1, 0.15) is 62.4 Å². The maximum absolute atomic E-state index is 14.8. The van der Waals surface area contributed by atoms with Gasteiger partial charge < -0.3 is 14.4 Å². The van der Waals surface area contributed by atoms with E-state index in [1.165, 1.54) is 11.6 Å². The molecule has 1 atom stereocenters. The van der Waals surface area contributed by atoms with Gasteiger partial charge in [-0.25, -0.2) is 13.8 Å². The lowest BCUT2D eigenvalue weighted by Crippen LogP contribution is -2.56. The van der Waals surface area contributed by atoms with Crippen molar-refractivity contribution >= 4 is 22.9 Å². The van der Waals surface area contributed by atoms with Crippen molar-refractivity contribution in [2.24, 2.45) is 5.92 Å². The number of methoxy groups -OCH3 is 1. The summed E-state index contributed by atoms with van der Waals surface area (Å²) in [5.41, 5.74) is 3.24. The number of carbonyl (C=O) groups is 2. The lowest BCUT2D eigenvalue weighted by molar-refractivity contribution is -0.137. The number of fused-ring (bicyclic) bond motifs is 4. The number of ether oxygens (including phenoxy) is 2. The van der Waals surface area contributed by atoms with Crippen LogP contribution in [0.2, 0.25) is 0 Å². The van der Waals surface area contributed by atoms with Crippen LogP contribution in [0.5, 0.6) is 5.75 Å². The lowest BCUT2D eigenvalue weighted by atomic mass is 9.68. The molecule has 1 amide bonds. The molecule has 4 heterocycles. The van der Waals surface area contributed by atoms with Crippen LogP contribution in [0.15, 0.2) is 42.5 Å². The second-order valence-corrected chi connectivity index (χ2v) is 11.2. The Bertz CT molecular complexity index is 1420. The van der Waals surface area contributed by atoms with E-state index < -0.39 is 6.09 Å². The van der Waals surface area contributed by atoms with E-state index in [-0.39, 0.29) is 35.7 Å². The largest absolute Gasteiger partial charge is 0.497 e. The van der Waals surface area contributed by atoms with Crippen LogP contribution in [0, 0.1) is 11.7 Å². The molecule has 8 heteroatoms. The molecule has 2 aromatic carbocycles. The van der Waals surface area contributed by atoms with Gasteiger partial charge in [0.2, 0.25) is 5.91 Å². The van der Waals surface area contributed by atoms with Crippen molar-refractivity contribution in [3.63, 3.8) is 0 Å². The highest BCUT2D eigenvalue weighted by Crippen LogP contribution is 2.52. The molecule has 1 spiro atoms. The van der Waals surface area contributed by atoms with Gasteiger partial charge in [-0.1, -0.05) is 32.0 Å². The Morgan fingerprint density at radius 2 is 1.90 bits per heavy atom. The van der Waals surface area contributed by atoms with Crippen LogP contribution in [0.25, 0.3) is 10.9 Å². The van der Waals surface area contributed by atoms with E-state index in [0.717, 1.165) is 42.3 Å². The summed E-state index contributed by atoms with van der Waals surface area (Å²) in [5.74, 6) is 0.730. The van der Waals surface area contributed by atoms with Crippen LogP contribution in [-0.2, 0) is 21.5 Å². The summed E-state index contributed by atoms with van der Waals surface area (Å²) in [6, 6.07) is 12.6. The fourth-order valence-electron chi connectivity index (χ4n) is 7.11. The fraction of sp³-hybridized carbons (Fsp3) is 0.484. The maximum Gasteiger partial charge on any atom is 0.418 e. The van der Waals surface area contributed by atoms with E-state index in [0.29, 0.717) is 37.5 Å². The molecule has 1 fully saturated rings. The van der Waals surface area contributed by atoms with Gasteiger partial charge in [0.1, 0.15) is 18.2 Å². The van der Waals surface area contributed by atoms with Gasteiger partial charge in [-0.15, -0.1) is 0 Å². The second-order valence-electron chi connectivity index (χ2n) is 11.2. The third kappa shape index (κ3) is 4.11. The first-order chi connectivity index (χ1) is 18.9. The minimum Gasteiger partial charge on any atom is -0.497 e. The molecule has 206 valence electrons.